The first-order valence-electron chi connectivity index (χ1n) is 7.79. The number of ether oxygens (including phenoxy) is 3. The van der Waals surface area contributed by atoms with Crippen LogP contribution in [0.2, 0.25) is 5.02 Å². The second-order valence-corrected chi connectivity index (χ2v) is 5.70. The maximum atomic E-state index is 12.5. The van der Waals surface area contributed by atoms with E-state index in [1.807, 2.05) is 19.1 Å². The van der Waals surface area contributed by atoms with Crippen LogP contribution in [0, 0.1) is 0 Å². The Balaban J connectivity index is 1.69. The van der Waals surface area contributed by atoms with Crippen molar-refractivity contribution in [1.82, 2.24) is 0 Å². The van der Waals surface area contributed by atoms with Gasteiger partial charge in [-0.05, 0) is 30.7 Å². The van der Waals surface area contributed by atoms with Crippen molar-refractivity contribution >= 4 is 23.2 Å². The molecule has 1 heterocycles. The maximum Gasteiger partial charge on any atom is 0.265 e. The number of halogens is 1. The molecule has 0 spiro atoms. The molecule has 0 fully saturated rings. The molecular weight excluding hydrogens is 330 g/mol. The number of amides is 1. The zero-order valence-electron chi connectivity index (χ0n) is 13.3. The van der Waals surface area contributed by atoms with Gasteiger partial charge in [0.1, 0.15) is 19.0 Å². The van der Waals surface area contributed by atoms with Crippen LogP contribution in [0.15, 0.2) is 42.5 Å². The lowest BCUT2D eigenvalue weighted by molar-refractivity contribution is -0.122. The summed E-state index contributed by atoms with van der Waals surface area (Å²) in [5.41, 5.74) is 0.630. The molecule has 1 aliphatic rings. The SMILES string of the molecule is CC[C@H](Oc1ccccc1Cl)C(=O)Nc1ccc2c(c1)OCCO2. The zero-order chi connectivity index (χ0) is 16.9. The summed E-state index contributed by atoms with van der Waals surface area (Å²) in [7, 11) is 0. The Hall–Kier alpha value is -2.40. The van der Waals surface area contributed by atoms with E-state index in [9.17, 15) is 4.79 Å². The third-order valence-corrected chi connectivity index (χ3v) is 3.89. The number of para-hydroxylation sites is 1. The molecular formula is C18H18ClNO4. The molecule has 0 bridgehead atoms. The summed E-state index contributed by atoms with van der Waals surface area (Å²) in [4.78, 5) is 12.5. The molecule has 0 aliphatic carbocycles. The number of hydrogen-bond acceptors (Lipinski definition) is 4. The Kier molecular flexibility index (Phi) is 5.11. The molecule has 24 heavy (non-hydrogen) atoms. The van der Waals surface area contributed by atoms with E-state index in [2.05, 4.69) is 5.32 Å². The van der Waals surface area contributed by atoms with Gasteiger partial charge in [0.05, 0.1) is 5.02 Å². The topological polar surface area (TPSA) is 56.8 Å². The Bertz CT molecular complexity index is 735. The minimum Gasteiger partial charge on any atom is -0.486 e. The van der Waals surface area contributed by atoms with Crippen molar-refractivity contribution in [3.8, 4) is 17.2 Å². The number of hydrogen-bond donors (Lipinski definition) is 1. The highest BCUT2D eigenvalue weighted by molar-refractivity contribution is 6.32. The highest BCUT2D eigenvalue weighted by Crippen LogP contribution is 2.32. The van der Waals surface area contributed by atoms with Gasteiger partial charge in [-0.25, -0.2) is 0 Å². The molecule has 1 aliphatic heterocycles. The van der Waals surface area contributed by atoms with Gasteiger partial charge < -0.3 is 19.5 Å². The maximum absolute atomic E-state index is 12.5. The van der Waals surface area contributed by atoms with Crippen LogP contribution in [0.1, 0.15) is 13.3 Å². The average Bonchev–Trinajstić information content (AvgIpc) is 2.61. The summed E-state index contributed by atoms with van der Waals surface area (Å²) >= 11 is 6.08. The molecule has 0 aromatic heterocycles. The van der Waals surface area contributed by atoms with Crippen LogP contribution >= 0.6 is 11.6 Å². The molecule has 126 valence electrons. The van der Waals surface area contributed by atoms with E-state index < -0.39 is 6.10 Å². The van der Waals surface area contributed by atoms with Gasteiger partial charge in [0.25, 0.3) is 5.91 Å². The first-order valence-corrected chi connectivity index (χ1v) is 8.17. The first-order chi connectivity index (χ1) is 11.7. The van der Waals surface area contributed by atoms with Gasteiger partial charge in [-0.2, -0.15) is 0 Å². The summed E-state index contributed by atoms with van der Waals surface area (Å²) in [5, 5.41) is 3.32. The Morgan fingerprint density at radius 1 is 1.21 bits per heavy atom. The second-order valence-electron chi connectivity index (χ2n) is 5.29. The van der Waals surface area contributed by atoms with Gasteiger partial charge in [-0.1, -0.05) is 30.7 Å². The van der Waals surface area contributed by atoms with E-state index in [0.717, 1.165) is 0 Å². The van der Waals surface area contributed by atoms with Crippen molar-refractivity contribution in [3.05, 3.63) is 47.5 Å². The second kappa shape index (κ2) is 7.45. The molecule has 0 radical (unpaired) electrons. The first kappa shape index (κ1) is 16.5. The van der Waals surface area contributed by atoms with Crippen molar-refractivity contribution in [3.63, 3.8) is 0 Å². The van der Waals surface area contributed by atoms with E-state index in [1.54, 1.807) is 30.3 Å². The standard InChI is InChI=1S/C18H18ClNO4/c1-2-14(24-15-6-4-3-5-13(15)19)18(21)20-12-7-8-16-17(11-12)23-10-9-22-16/h3-8,11,14H,2,9-10H2,1H3,(H,20,21)/t14-/m0/s1. The number of fused-ring (bicyclic) bond motifs is 1. The van der Waals surface area contributed by atoms with Crippen molar-refractivity contribution in [1.29, 1.82) is 0 Å². The summed E-state index contributed by atoms with van der Waals surface area (Å²) in [6, 6.07) is 12.4. The number of carbonyl (C=O) groups excluding carboxylic acids is 1. The van der Waals surface area contributed by atoms with E-state index in [4.69, 9.17) is 25.8 Å². The predicted octanol–water partition coefficient (Wildman–Crippen LogP) is 3.91. The monoisotopic (exact) mass is 347 g/mol. The number of nitrogens with one attached hydrogen (secondary N) is 1. The fourth-order valence-corrected chi connectivity index (χ4v) is 2.54. The summed E-state index contributed by atoms with van der Waals surface area (Å²) in [6.45, 7) is 2.91. The minimum atomic E-state index is -0.641. The highest BCUT2D eigenvalue weighted by Gasteiger charge is 2.20. The Morgan fingerprint density at radius 2 is 1.96 bits per heavy atom. The molecule has 0 saturated carbocycles. The fraction of sp³-hybridized carbons (Fsp3) is 0.278. The largest absolute Gasteiger partial charge is 0.486 e. The third kappa shape index (κ3) is 3.74. The number of carbonyl (C=O) groups is 1. The molecule has 5 nitrogen and oxygen atoms in total. The van der Waals surface area contributed by atoms with Gasteiger partial charge in [-0.15, -0.1) is 0 Å². The molecule has 0 saturated heterocycles. The van der Waals surface area contributed by atoms with E-state index in [-0.39, 0.29) is 5.91 Å². The molecule has 1 N–H and O–H groups in total. The molecule has 2 aromatic carbocycles. The number of benzene rings is 2. The van der Waals surface area contributed by atoms with Crippen LogP contribution in [0.5, 0.6) is 17.2 Å². The lowest BCUT2D eigenvalue weighted by Gasteiger charge is -2.20. The molecule has 0 unspecified atom stereocenters. The van der Waals surface area contributed by atoms with E-state index in [1.165, 1.54) is 0 Å². The van der Waals surface area contributed by atoms with Gasteiger partial charge in [0, 0.05) is 11.8 Å². The Morgan fingerprint density at radius 3 is 2.71 bits per heavy atom. The molecule has 1 amide bonds. The van der Waals surface area contributed by atoms with Crippen molar-refractivity contribution < 1.29 is 19.0 Å². The van der Waals surface area contributed by atoms with E-state index >= 15 is 0 Å². The third-order valence-electron chi connectivity index (χ3n) is 3.58. The van der Waals surface area contributed by atoms with Crippen LogP contribution in [-0.2, 0) is 4.79 Å². The molecule has 1 atom stereocenters. The summed E-state index contributed by atoms with van der Waals surface area (Å²) in [5.74, 6) is 1.55. The van der Waals surface area contributed by atoms with Gasteiger partial charge in [0.2, 0.25) is 0 Å². The normalized spacial score (nSPS) is 13.9. The van der Waals surface area contributed by atoms with Crippen LogP contribution in [0.25, 0.3) is 0 Å². The van der Waals surface area contributed by atoms with Gasteiger partial charge in [-0.3, -0.25) is 4.79 Å². The minimum absolute atomic E-state index is 0.242. The quantitative estimate of drug-likeness (QED) is 0.891. The Labute approximate surface area is 145 Å². The van der Waals surface area contributed by atoms with Crippen LogP contribution < -0.4 is 19.5 Å². The lowest BCUT2D eigenvalue weighted by Crippen LogP contribution is -2.32. The number of anilines is 1. The van der Waals surface area contributed by atoms with Crippen LogP contribution in [0.3, 0.4) is 0 Å². The molecule has 2 aromatic rings. The fourth-order valence-electron chi connectivity index (χ4n) is 2.36. The number of rotatable bonds is 5. The summed E-state index contributed by atoms with van der Waals surface area (Å²) in [6.07, 6.45) is -0.125. The highest BCUT2D eigenvalue weighted by atomic mass is 35.5. The molecule has 6 heteroatoms. The van der Waals surface area contributed by atoms with Crippen LogP contribution in [-0.4, -0.2) is 25.2 Å². The average molecular weight is 348 g/mol. The zero-order valence-corrected chi connectivity index (χ0v) is 14.0. The van der Waals surface area contributed by atoms with Gasteiger partial charge in [0.15, 0.2) is 17.6 Å². The summed E-state index contributed by atoms with van der Waals surface area (Å²) < 4.78 is 16.7. The van der Waals surface area contributed by atoms with Crippen molar-refractivity contribution in [2.45, 2.75) is 19.4 Å². The van der Waals surface area contributed by atoms with Crippen molar-refractivity contribution in [2.75, 3.05) is 18.5 Å². The van der Waals surface area contributed by atoms with Crippen LogP contribution in [0.4, 0.5) is 5.69 Å². The van der Waals surface area contributed by atoms with Gasteiger partial charge >= 0.3 is 0 Å². The van der Waals surface area contributed by atoms with Crippen molar-refractivity contribution in [2.24, 2.45) is 0 Å². The lowest BCUT2D eigenvalue weighted by atomic mass is 10.2. The predicted molar refractivity (Wildman–Crippen MR) is 92.2 cm³/mol. The van der Waals surface area contributed by atoms with E-state index in [0.29, 0.717) is 47.6 Å². The molecule has 3 rings (SSSR count). The smallest absolute Gasteiger partial charge is 0.265 e.